The molecule has 0 aliphatic carbocycles. The van der Waals surface area contributed by atoms with Gasteiger partial charge in [0, 0.05) is 35.6 Å². The number of H-pyrrole nitrogens is 1. The number of amides is 1. The lowest BCUT2D eigenvalue weighted by molar-refractivity contribution is 0.0696. The molecule has 4 rings (SSSR count). The van der Waals surface area contributed by atoms with Crippen molar-refractivity contribution in [2.45, 2.75) is 6.92 Å². The van der Waals surface area contributed by atoms with Gasteiger partial charge in [0.2, 0.25) is 0 Å². The maximum absolute atomic E-state index is 12.6. The number of fused-ring (bicyclic) bond motifs is 1. The number of carboxylic acids is 1. The molecule has 0 aliphatic heterocycles. The van der Waals surface area contributed by atoms with E-state index >= 15 is 0 Å². The van der Waals surface area contributed by atoms with Crippen molar-refractivity contribution >= 4 is 34.2 Å². The molecule has 1 heterocycles. The molecule has 1 aromatic heterocycles. The lowest BCUT2D eigenvalue weighted by atomic mass is 10.00. The third kappa shape index (κ3) is 4.34. The number of nitrogens with zero attached hydrogens (tertiary/aromatic N) is 2. The van der Waals surface area contributed by atoms with Crippen molar-refractivity contribution in [3.05, 3.63) is 95.1 Å². The van der Waals surface area contributed by atoms with Crippen LogP contribution in [0.4, 0.5) is 5.69 Å². The van der Waals surface area contributed by atoms with Crippen molar-refractivity contribution in [3.63, 3.8) is 0 Å². The molecule has 0 saturated carbocycles. The van der Waals surface area contributed by atoms with E-state index in [1.54, 1.807) is 42.3 Å². The number of carboxylic acid groups (broad SMARTS) is 1. The first-order valence-corrected chi connectivity index (χ1v) is 10.5. The summed E-state index contributed by atoms with van der Waals surface area (Å²) in [4.78, 5) is 33.1. The average Bonchev–Trinajstić information content (AvgIpc) is 3.17. The van der Waals surface area contributed by atoms with E-state index < -0.39 is 5.97 Å². The second-order valence-electron chi connectivity index (χ2n) is 7.61. The number of aromatic nitrogens is 1. The number of benzene rings is 3. The lowest BCUT2D eigenvalue weighted by Crippen LogP contribution is -2.26. The van der Waals surface area contributed by atoms with Crippen LogP contribution < -0.4 is 0 Å². The Labute approximate surface area is 190 Å². The minimum absolute atomic E-state index is 0.0665. The van der Waals surface area contributed by atoms with Crippen LogP contribution in [0.15, 0.2) is 77.8 Å². The highest BCUT2D eigenvalue weighted by Gasteiger charge is 2.20. The first kappa shape index (κ1) is 21.8. The van der Waals surface area contributed by atoms with E-state index in [-0.39, 0.29) is 17.4 Å². The highest BCUT2D eigenvalue weighted by molar-refractivity contribution is 6.22. The van der Waals surface area contributed by atoms with Gasteiger partial charge in [-0.2, -0.15) is 0 Å². The molecule has 0 atom stereocenters. The normalized spacial score (nSPS) is 11.5. The predicted molar refractivity (Wildman–Crippen MR) is 128 cm³/mol. The predicted octanol–water partition coefficient (Wildman–Crippen LogP) is 4.83. The Bertz CT molecular complexity index is 1360. The number of aromatic carboxylic acids is 1. The third-order valence-corrected chi connectivity index (χ3v) is 5.49. The first-order valence-electron chi connectivity index (χ1n) is 10.5. The summed E-state index contributed by atoms with van der Waals surface area (Å²) in [5, 5.41) is 20.7. The second kappa shape index (κ2) is 9.00. The molecule has 0 aliphatic rings. The second-order valence-corrected chi connectivity index (χ2v) is 7.61. The van der Waals surface area contributed by atoms with Crippen LogP contribution in [0, 0.1) is 0 Å². The van der Waals surface area contributed by atoms with Crippen molar-refractivity contribution in [1.82, 2.24) is 9.88 Å². The van der Waals surface area contributed by atoms with Crippen molar-refractivity contribution in [2.24, 2.45) is 4.99 Å². The summed E-state index contributed by atoms with van der Waals surface area (Å²) >= 11 is 0. The Hall–Kier alpha value is -4.39. The number of aromatic amines is 1. The standard InChI is InChI=1S/C26H23N3O4/c1-3-29(2)25(31)18-11-14-20-21(15-18)28-24(30)22(20)23(16-7-5-4-6-8-16)27-19-12-9-17(10-13-19)26(32)33/h4-15,28,30H,3H2,1-2H3,(H,32,33). The first-order chi connectivity index (χ1) is 15.9. The van der Waals surface area contributed by atoms with Crippen LogP contribution in [-0.2, 0) is 0 Å². The smallest absolute Gasteiger partial charge is 0.335 e. The zero-order valence-corrected chi connectivity index (χ0v) is 18.2. The van der Waals surface area contributed by atoms with Crippen LogP contribution in [0.5, 0.6) is 5.88 Å². The number of rotatable bonds is 6. The van der Waals surface area contributed by atoms with E-state index in [0.717, 1.165) is 5.56 Å². The fourth-order valence-electron chi connectivity index (χ4n) is 3.59. The summed E-state index contributed by atoms with van der Waals surface area (Å²) in [6.07, 6.45) is 0. The van der Waals surface area contributed by atoms with Gasteiger partial charge in [0.05, 0.1) is 22.5 Å². The lowest BCUT2D eigenvalue weighted by Gasteiger charge is -2.14. The van der Waals surface area contributed by atoms with E-state index in [0.29, 0.717) is 40.0 Å². The molecule has 4 aromatic rings. The van der Waals surface area contributed by atoms with Crippen molar-refractivity contribution in [1.29, 1.82) is 0 Å². The van der Waals surface area contributed by atoms with Gasteiger partial charge in [-0.3, -0.25) is 4.79 Å². The van der Waals surface area contributed by atoms with Crippen molar-refractivity contribution < 1.29 is 19.8 Å². The average molecular weight is 441 g/mol. The molecule has 7 nitrogen and oxygen atoms in total. The van der Waals surface area contributed by atoms with Crippen molar-refractivity contribution in [3.8, 4) is 5.88 Å². The van der Waals surface area contributed by atoms with Crippen LogP contribution in [0.2, 0.25) is 0 Å². The molecule has 0 unspecified atom stereocenters. The van der Waals surface area contributed by atoms with Gasteiger partial charge in [-0.05, 0) is 43.3 Å². The molecule has 0 bridgehead atoms. The zero-order chi connectivity index (χ0) is 23.5. The minimum atomic E-state index is -1.01. The van der Waals surface area contributed by atoms with Gasteiger partial charge in [0.15, 0.2) is 5.88 Å². The Morgan fingerprint density at radius 2 is 1.61 bits per heavy atom. The van der Waals surface area contributed by atoms with E-state index in [1.807, 2.05) is 37.3 Å². The highest BCUT2D eigenvalue weighted by atomic mass is 16.4. The summed E-state index contributed by atoms with van der Waals surface area (Å²) in [6, 6.07) is 20.9. The van der Waals surface area contributed by atoms with E-state index in [1.165, 1.54) is 12.1 Å². The number of carbonyl (C=O) groups is 2. The molecule has 0 spiro atoms. The maximum Gasteiger partial charge on any atom is 0.335 e. The molecule has 0 radical (unpaired) electrons. The zero-order valence-electron chi connectivity index (χ0n) is 18.2. The molecule has 33 heavy (non-hydrogen) atoms. The molecular weight excluding hydrogens is 418 g/mol. The van der Waals surface area contributed by atoms with Gasteiger partial charge in [-0.15, -0.1) is 0 Å². The molecule has 166 valence electrons. The number of aromatic hydroxyl groups is 1. The Kier molecular flexibility index (Phi) is 5.95. The summed E-state index contributed by atoms with van der Waals surface area (Å²) in [7, 11) is 1.74. The largest absolute Gasteiger partial charge is 0.494 e. The van der Waals surface area contributed by atoms with Crippen molar-refractivity contribution in [2.75, 3.05) is 13.6 Å². The van der Waals surface area contributed by atoms with Gasteiger partial charge in [0.1, 0.15) is 0 Å². The number of hydrogen-bond acceptors (Lipinski definition) is 4. The molecule has 7 heteroatoms. The SMILES string of the molecule is CCN(C)C(=O)c1ccc2c(C(=Nc3ccc(C(=O)O)cc3)c3ccccc3)c(O)[nH]c2c1. The van der Waals surface area contributed by atoms with Crippen LogP contribution >= 0.6 is 0 Å². The Balaban J connectivity index is 1.87. The third-order valence-electron chi connectivity index (χ3n) is 5.49. The molecule has 3 N–H and O–H groups in total. The Morgan fingerprint density at radius 3 is 2.24 bits per heavy atom. The topological polar surface area (TPSA) is 106 Å². The Morgan fingerprint density at radius 1 is 0.939 bits per heavy atom. The van der Waals surface area contributed by atoms with Gasteiger partial charge in [0.25, 0.3) is 5.91 Å². The fraction of sp³-hybridized carbons (Fsp3) is 0.115. The monoisotopic (exact) mass is 441 g/mol. The number of aliphatic imine (C=N–C) groups is 1. The molecular formula is C26H23N3O4. The minimum Gasteiger partial charge on any atom is -0.494 e. The molecule has 0 fully saturated rings. The quantitative estimate of drug-likeness (QED) is 0.373. The maximum atomic E-state index is 12.6. The summed E-state index contributed by atoms with van der Waals surface area (Å²) < 4.78 is 0. The number of carbonyl (C=O) groups excluding carboxylic acids is 1. The molecule has 0 saturated heterocycles. The number of nitrogens with one attached hydrogen (secondary N) is 1. The van der Waals surface area contributed by atoms with E-state index in [4.69, 9.17) is 10.1 Å². The van der Waals surface area contributed by atoms with E-state index in [9.17, 15) is 14.7 Å². The van der Waals surface area contributed by atoms with Crippen LogP contribution in [0.1, 0.15) is 38.8 Å². The van der Waals surface area contributed by atoms with Gasteiger partial charge in [-0.1, -0.05) is 36.4 Å². The van der Waals surface area contributed by atoms with Crippen LogP contribution in [0.25, 0.3) is 10.9 Å². The fourth-order valence-corrected chi connectivity index (χ4v) is 3.59. The summed E-state index contributed by atoms with van der Waals surface area (Å²) in [5.74, 6) is -1.18. The highest BCUT2D eigenvalue weighted by Crippen LogP contribution is 2.32. The number of hydrogen-bond donors (Lipinski definition) is 3. The van der Waals surface area contributed by atoms with Gasteiger partial charge < -0.3 is 20.1 Å². The van der Waals surface area contributed by atoms with Crippen LogP contribution in [-0.4, -0.2) is 51.3 Å². The van der Waals surface area contributed by atoms with Crippen LogP contribution in [0.3, 0.4) is 0 Å². The summed E-state index contributed by atoms with van der Waals surface area (Å²) in [6.45, 7) is 2.49. The molecule has 1 amide bonds. The molecule has 3 aromatic carbocycles. The van der Waals surface area contributed by atoms with E-state index in [2.05, 4.69) is 4.98 Å². The summed E-state index contributed by atoms with van der Waals surface area (Å²) in [5.41, 5.74) is 3.64. The van der Waals surface area contributed by atoms with Gasteiger partial charge >= 0.3 is 5.97 Å². The van der Waals surface area contributed by atoms with Gasteiger partial charge in [-0.25, -0.2) is 9.79 Å².